The van der Waals surface area contributed by atoms with Gasteiger partial charge >= 0.3 is 0 Å². The molecule has 20 rings (SSSR count). The highest BCUT2D eigenvalue weighted by Gasteiger charge is 2.38. The van der Waals surface area contributed by atoms with Gasteiger partial charge < -0.3 is 28.5 Å². The third-order valence-electron chi connectivity index (χ3n) is 22.0. The third kappa shape index (κ3) is 16.6. The summed E-state index contributed by atoms with van der Waals surface area (Å²) in [5.74, 6) is -1.21. The number of aliphatic hydroxyl groups is 2. The van der Waals surface area contributed by atoms with Crippen molar-refractivity contribution in [2.45, 2.75) is 51.7 Å². The van der Waals surface area contributed by atoms with E-state index in [4.69, 9.17) is 0 Å². The van der Waals surface area contributed by atoms with Crippen molar-refractivity contribution in [3.63, 3.8) is 0 Å². The van der Waals surface area contributed by atoms with Crippen molar-refractivity contribution in [3.05, 3.63) is 434 Å². The van der Waals surface area contributed by atoms with Crippen LogP contribution in [-0.4, -0.2) is 79.7 Å². The fourth-order valence-electron chi connectivity index (χ4n) is 16.0. The van der Waals surface area contributed by atoms with E-state index >= 15 is 0 Å². The lowest BCUT2D eigenvalue weighted by atomic mass is 9.77. The van der Waals surface area contributed by atoms with E-state index in [1.54, 1.807) is 92.0 Å². The van der Waals surface area contributed by atoms with Crippen LogP contribution < -0.4 is 0 Å². The molecule has 0 aliphatic heterocycles. The molecule has 2 atom stereocenters. The van der Waals surface area contributed by atoms with E-state index in [0.717, 1.165) is 155 Å². The number of benzene rings is 12. The molecule has 12 aromatic carbocycles. The fraction of sp³-hybridized carbons (Fsp3) is 0.0874. The fourth-order valence-corrected chi connectivity index (χ4v) is 16.3. The minimum Gasteiger partial charge on any atom is -0.384 e. The van der Waals surface area contributed by atoms with E-state index in [2.05, 4.69) is 83.9 Å². The average molecular weight is 1710 g/mol. The molecular weight excluding hydrogens is 1630 g/mol. The molecule has 0 fully saturated rings. The number of rotatable bonds is 20. The second-order valence-electron chi connectivity index (χ2n) is 30.1. The number of aromatic nitrogens is 12. The molecular formula is C103H83BrF4N12O4. The first-order valence-electron chi connectivity index (χ1n) is 40.1. The number of halogens is 5. The SMILES string of the molecule is C=CCn1cc(C(=O)c2ccc3c(cnn3-c3ccc(F)cc3)c2)c2ccccc21.C=CCn1cc(C(O)(c2ccc3c(cnn3-c3ccc(F)cc3)c2)C(C)C)c2ccccc21.C=CCn1cc(C(O)c2ccc3c(cnn3-c3ccc(F)cc3)c2)c2ccccc21.C=CCn1cc(C=O)c2ccccc21.Fc1ccc(-n2ncc3cc(Br)ccc32)cc1. The molecule has 0 spiro atoms. The molecule has 0 aliphatic rings. The van der Waals surface area contributed by atoms with Gasteiger partial charge in [-0.25, -0.2) is 36.3 Å². The van der Waals surface area contributed by atoms with Crippen LogP contribution >= 0.6 is 15.9 Å². The predicted molar refractivity (Wildman–Crippen MR) is 491 cm³/mol. The Morgan fingerprint density at radius 3 is 1.26 bits per heavy atom. The highest BCUT2D eigenvalue weighted by molar-refractivity contribution is 9.10. The Hall–Kier alpha value is -14.9. The second-order valence-corrected chi connectivity index (χ2v) is 31.0. The summed E-state index contributed by atoms with van der Waals surface area (Å²) in [7, 11) is 0. The average Bonchev–Trinajstić information content (AvgIpc) is 1.53. The topological polar surface area (TPSA) is 166 Å². The summed E-state index contributed by atoms with van der Waals surface area (Å²) in [5.41, 5.74) is 15.2. The Kier molecular flexibility index (Phi) is 24.2. The van der Waals surface area contributed by atoms with Crippen molar-refractivity contribution < 1.29 is 37.4 Å². The van der Waals surface area contributed by atoms with Gasteiger partial charge in [-0.1, -0.05) is 139 Å². The van der Waals surface area contributed by atoms with Gasteiger partial charge in [0, 0.05) is 148 Å². The molecule has 8 heterocycles. The van der Waals surface area contributed by atoms with E-state index in [1.807, 2.05) is 230 Å². The first-order chi connectivity index (χ1) is 60.3. The lowest BCUT2D eigenvalue weighted by Gasteiger charge is -2.33. The maximum absolute atomic E-state index is 13.4. The highest BCUT2D eigenvalue weighted by atomic mass is 79.9. The number of ketones is 1. The number of carbonyl (C=O) groups excluding carboxylic acids is 2. The monoisotopic (exact) mass is 1710 g/mol. The maximum atomic E-state index is 13.4. The van der Waals surface area contributed by atoms with E-state index in [-0.39, 0.29) is 35.0 Å². The Bertz CT molecular complexity index is 7350. The van der Waals surface area contributed by atoms with Crippen molar-refractivity contribution in [2.75, 3.05) is 0 Å². The maximum Gasteiger partial charge on any atom is 0.195 e. The normalized spacial score (nSPS) is 12.0. The molecule has 21 heteroatoms. The zero-order valence-corrected chi connectivity index (χ0v) is 69.3. The molecule has 0 amide bonds. The number of nitrogens with zero attached hydrogens (tertiary/aromatic N) is 12. The van der Waals surface area contributed by atoms with Gasteiger partial charge in [0.2, 0.25) is 0 Å². The van der Waals surface area contributed by atoms with Gasteiger partial charge in [0.05, 0.1) is 69.6 Å². The Morgan fingerprint density at radius 2 is 0.782 bits per heavy atom. The molecule has 20 aromatic rings. The molecule has 2 N–H and O–H groups in total. The first-order valence-corrected chi connectivity index (χ1v) is 40.9. The zero-order valence-electron chi connectivity index (χ0n) is 67.7. The van der Waals surface area contributed by atoms with Crippen molar-refractivity contribution in [1.29, 1.82) is 0 Å². The van der Waals surface area contributed by atoms with Crippen molar-refractivity contribution in [1.82, 2.24) is 57.4 Å². The third-order valence-corrected chi connectivity index (χ3v) is 22.5. The van der Waals surface area contributed by atoms with Crippen LogP contribution in [0.5, 0.6) is 0 Å². The number of allylic oxidation sites excluding steroid dienone is 4. The quantitative estimate of drug-likeness (QED) is 0.0329. The lowest BCUT2D eigenvalue weighted by Crippen LogP contribution is -2.33. The van der Waals surface area contributed by atoms with Crippen LogP contribution in [0.2, 0.25) is 0 Å². The molecule has 124 heavy (non-hydrogen) atoms. The van der Waals surface area contributed by atoms with Gasteiger partial charge in [0.25, 0.3) is 0 Å². The van der Waals surface area contributed by atoms with E-state index in [0.29, 0.717) is 30.8 Å². The van der Waals surface area contributed by atoms with Crippen LogP contribution in [0.15, 0.2) is 372 Å². The second kappa shape index (κ2) is 36.2. The number of hydrogen-bond donors (Lipinski definition) is 2. The summed E-state index contributed by atoms with van der Waals surface area (Å²) in [4.78, 5) is 24.1. The van der Waals surface area contributed by atoms with Crippen LogP contribution in [0.4, 0.5) is 17.6 Å². The van der Waals surface area contributed by atoms with Gasteiger partial charge in [-0.3, -0.25) is 9.59 Å². The molecule has 8 aromatic heterocycles. The van der Waals surface area contributed by atoms with Gasteiger partial charge in [0.15, 0.2) is 12.1 Å². The highest BCUT2D eigenvalue weighted by Crippen LogP contribution is 2.43. The van der Waals surface area contributed by atoms with Gasteiger partial charge in [-0.2, -0.15) is 20.4 Å². The molecule has 0 aliphatic carbocycles. The van der Waals surface area contributed by atoms with Gasteiger partial charge in [0.1, 0.15) is 35.0 Å². The van der Waals surface area contributed by atoms with Crippen LogP contribution in [0.1, 0.15) is 68.5 Å². The number of para-hydroxylation sites is 4. The minimum atomic E-state index is -1.20. The van der Waals surface area contributed by atoms with Crippen LogP contribution in [-0.2, 0) is 31.8 Å². The predicted octanol–water partition coefficient (Wildman–Crippen LogP) is 23.7. The number of aldehydes is 1. The summed E-state index contributed by atoms with van der Waals surface area (Å²) in [6.45, 7) is 22.0. The summed E-state index contributed by atoms with van der Waals surface area (Å²) < 4.78 is 69.0. The Morgan fingerprint density at radius 1 is 0.411 bits per heavy atom. The minimum absolute atomic E-state index is 0.0366. The number of fused-ring (bicyclic) bond motifs is 8. The van der Waals surface area contributed by atoms with Crippen molar-refractivity contribution in [2.24, 2.45) is 5.92 Å². The van der Waals surface area contributed by atoms with Gasteiger partial charge in [-0.05, 0) is 199 Å². The number of carbonyl (C=O) groups is 2. The van der Waals surface area contributed by atoms with Gasteiger partial charge in [-0.15, -0.1) is 26.3 Å². The summed E-state index contributed by atoms with van der Waals surface area (Å²) in [6, 6.07) is 80.1. The molecule has 0 bridgehead atoms. The first kappa shape index (κ1) is 82.8. The molecule has 2 unspecified atom stereocenters. The van der Waals surface area contributed by atoms with Crippen LogP contribution in [0, 0.1) is 29.2 Å². The van der Waals surface area contributed by atoms with Crippen molar-refractivity contribution >= 4 is 115 Å². The Balaban J connectivity index is 0.000000118. The van der Waals surface area contributed by atoms with Crippen molar-refractivity contribution in [3.8, 4) is 22.7 Å². The number of hydrogen-bond acceptors (Lipinski definition) is 8. The largest absolute Gasteiger partial charge is 0.384 e. The summed E-state index contributed by atoms with van der Waals surface area (Å²) >= 11 is 3.42. The molecule has 0 saturated carbocycles. The number of aliphatic hydroxyl groups excluding tert-OH is 1. The van der Waals surface area contributed by atoms with E-state index < -0.39 is 11.7 Å². The lowest BCUT2D eigenvalue weighted by molar-refractivity contribution is 0.0332. The van der Waals surface area contributed by atoms with E-state index in [9.17, 15) is 37.4 Å². The molecule has 0 saturated heterocycles. The smallest absolute Gasteiger partial charge is 0.195 e. The van der Waals surface area contributed by atoms with Crippen LogP contribution in [0.3, 0.4) is 0 Å². The standard InChI is InChI=1S/C28H26FN3O.C25H20FN3O.C25H18FN3O.C13H8BrFN2.C12H11NO/c1-4-15-31-18-25(24-7-5-6-8-27(24)31)28(33,19(2)3)21-9-14-26-20(16-21)17-30-32(26)23-12-10-22(29)11-13-23;2*1-2-13-28-16-22(21-5-3-4-6-24(21)28)25(30)17-7-12-23-18(14-17)15-27-29(23)20-10-8-19(26)9-11-20;14-10-1-6-13-9(7-10)8-16-17(13)12-4-2-11(15)3-5-12;1-2-7-13-8-10(9-14)11-5-3-4-6-12(11)13/h4-14,16-19,33H,1,15H2,2-3H3;2-12,14-16,25,30H,1,13H2;2-12,14-16H,1,13H2;1-8H;2-6,8-9H,1,7H2. The molecule has 614 valence electrons. The Labute approximate surface area is 719 Å². The summed E-state index contributed by atoms with van der Waals surface area (Å²) in [6.07, 6.45) is 22.3. The molecule has 16 nitrogen and oxygen atoms in total. The van der Waals surface area contributed by atoms with E-state index in [1.165, 1.54) is 48.5 Å². The zero-order chi connectivity index (χ0) is 86.3. The molecule has 0 radical (unpaired) electrons. The van der Waals surface area contributed by atoms with Crippen LogP contribution in [0.25, 0.3) is 110 Å². The summed E-state index contributed by atoms with van der Waals surface area (Å²) in [5, 5.41) is 48.8.